The van der Waals surface area contributed by atoms with Crippen LogP contribution in [0.1, 0.15) is 27.4 Å². The molecule has 7 nitrogen and oxygen atoms in total. The minimum absolute atomic E-state index is 0.0677. The summed E-state index contributed by atoms with van der Waals surface area (Å²) in [5.74, 6) is -0.677. The predicted molar refractivity (Wildman–Crippen MR) is 103 cm³/mol. The average molecular weight is 435 g/mol. The number of carbonyl (C=O) groups excluding carboxylic acids is 1. The van der Waals surface area contributed by atoms with E-state index in [1.807, 2.05) is 18.2 Å². The zero-order chi connectivity index (χ0) is 21.5. The van der Waals surface area contributed by atoms with Crippen molar-refractivity contribution in [2.24, 2.45) is 0 Å². The molecule has 0 bridgehead atoms. The maximum Gasteiger partial charge on any atom is 0.433 e. The summed E-state index contributed by atoms with van der Waals surface area (Å²) in [5.41, 5.74) is 0.115. The summed E-state index contributed by atoms with van der Waals surface area (Å²) < 4.78 is 42.0. The van der Waals surface area contributed by atoms with E-state index in [9.17, 15) is 18.0 Å². The van der Waals surface area contributed by atoms with E-state index in [0.717, 1.165) is 11.6 Å². The lowest BCUT2D eigenvalue weighted by atomic mass is 10.2. The molecule has 0 aliphatic heterocycles. The highest BCUT2D eigenvalue weighted by Crippen LogP contribution is 2.30. The number of rotatable bonds is 4. The number of nitrogens with one attached hydrogen (secondary N) is 1. The fourth-order valence-corrected chi connectivity index (χ4v) is 3.12. The molecule has 0 fully saturated rings. The number of hydrogen-bond acceptors (Lipinski definition) is 4. The van der Waals surface area contributed by atoms with Gasteiger partial charge in [-0.15, -0.1) is 0 Å². The summed E-state index contributed by atoms with van der Waals surface area (Å²) in [7, 11) is 0. The van der Waals surface area contributed by atoms with Crippen molar-refractivity contribution in [1.82, 2.24) is 24.4 Å². The second-order valence-corrected chi connectivity index (χ2v) is 6.96. The zero-order valence-electron chi connectivity index (χ0n) is 15.5. The first kappa shape index (κ1) is 19.9. The standard InChI is InChI=1S/C19H14ClF3N6O/c1-11-6-16(19(21,22)23)29-17(25-11)7-15(27-29)18(30)26-13-8-24-28(10-13)9-12-4-2-3-5-14(12)20/h2-8,10H,9H2,1H3,(H,26,30). The molecule has 1 aromatic carbocycles. The Kier molecular flexibility index (Phi) is 4.94. The van der Waals surface area contributed by atoms with Crippen LogP contribution in [0, 0.1) is 6.92 Å². The number of aromatic nitrogens is 5. The van der Waals surface area contributed by atoms with Crippen molar-refractivity contribution in [2.45, 2.75) is 19.6 Å². The minimum atomic E-state index is -4.63. The van der Waals surface area contributed by atoms with Crippen LogP contribution in [0.15, 0.2) is 48.8 Å². The fourth-order valence-electron chi connectivity index (χ4n) is 2.92. The third kappa shape index (κ3) is 3.99. The van der Waals surface area contributed by atoms with Gasteiger partial charge >= 0.3 is 6.18 Å². The summed E-state index contributed by atoms with van der Waals surface area (Å²) in [6.45, 7) is 1.83. The van der Waals surface area contributed by atoms with E-state index >= 15 is 0 Å². The molecule has 11 heteroatoms. The largest absolute Gasteiger partial charge is 0.433 e. The van der Waals surface area contributed by atoms with Crippen molar-refractivity contribution in [3.05, 3.63) is 76.5 Å². The van der Waals surface area contributed by atoms with Gasteiger partial charge < -0.3 is 5.32 Å². The van der Waals surface area contributed by atoms with Crippen LogP contribution in [-0.4, -0.2) is 30.3 Å². The monoisotopic (exact) mass is 434 g/mol. The normalized spacial score (nSPS) is 11.8. The Morgan fingerprint density at radius 2 is 2.00 bits per heavy atom. The molecule has 3 heterocycles. The van der Waals surface area contributed by atoms with Crippen LogP contribution in [0.4, 0.5) is 18.9 Å². The van der Waals surface area contributed by atoms with Crippen molar-refractivity contribution < 1.29 is 18.0 Å². The number of anilines is 1. The van der Waals surface area contributed by atoms with E-state index in [2.05, 4.69) is 20.5 Å². The van der Waals surface area contributed by atoms with Crippen LogP contribution in [0.2, 0.25) is 5.02 Å². The summed E-state index contributed by atoms with van der Waals surface area (Å²) in [5, 5.41) is 11.1. The number of alkyl halides is 3. The fraction of sp³-hybridized carbons (Fsp3) is 0.158. The summed E-state index contributed by atoms with van der Waals surface area (Å²) in [6, 6.07) is 9.35. The first-order valence-electron chi connectivity index (χ1n) is 8.72. The number of nitrogens with zero attached hydrogens (tertiary/aromatic N) is 5. The number of hydrogen-bond donors (Lipinski definition) is 1. The summed E-state index contributed by atoms with van der Waals surface area (Å²) >= 11 is 6.13. The van der Waals surface area contributed by atoms with Gasteiger partial charge in [0.05, 0.1) is 18.4 Å². The van der Waals surface area contributed by atoms with Gasteiger partial charge in [-0.25, -0.2) is 9.50 Å². The highest BCUT2D eigenvalue weighted by atomic mass is 35.5. The van der Waals surface area contributed by atoms with Gasteiger partial charge in [0.2, 0.25) is 0 Å². The maximum absolute atomic E-state index is 13.3. The van der Waals surface area contributed by atoms with E-state index in [1.165, 1.54) is 19.2 Å². The molecule has 0 unspecified atom stereocenters. The van der Waals surface area contributed by atoms with Crippen molar-refractivity contribution in [3.63, 3.8) is 0 Å². The van der Waals surface area contributed by atoms with Crippen molar-refractivity contribution in [2.75, 3.05) is 5.32 Å². The van der Waals surface area contributed by atoms with Gasteiger partial charge in [-0.05, 0) is 24.6 Å². The molecule has 1 amide bonds. The number of amides is 1. The molecule has 30 heavy (non-hydrogen) atoms. The van der Waals surface area contributed by atoms with Gasteiger partial charge in [0.1, 0.15) is 5.69 Å². The molecule has 3 aromatic heterocycles. The van der Waals surface area contributed by atoms with E-state index < -0.39 is 17.8 Å². The highest BCUT2D eigenvalue weighted by Gasteiger charge is 2.35. The number of aryl methyl sites for hydroxylation is 1. The number of fused-ring (bicyclic) bond motifs is 1. The first-order chi connectivity index (χ1) is 14.2. The SMILES string of the molecule is Cc1cc(C(F)(F)F)n2nc(C(=O)Nc3cnn(Cc4ccccc4Cl)c3)cc2n1. The van der Waals surface area contributed by atoms with Gasteiger partial charge in [-0.3, -0.25) is 9.48 Å². The average Bonchev–Trinajstić information content (AvgIpc) is 3.28. The lowest BCUT2D eigenvalue weighted by Crippen LogP contribution is -2.15. The molecule has 0 saturated heterocycles. The molecule has 154 valence electrons. The van der Waals surface area contributed by atoms with E-state index in [-0.39, 0.29) is 17.0 Å². The molecular weight excluding hydrogens is 421 g/mol. The number of halogens is 4. The maximum atomic E-state index is 13.3. The van der Waals surface area contributed by atoms with Crippen LogP contribution in [0.25, 0.3) is 5.65 Å². The Morgan fingerprint density at radius 1 is 1.23 bits per heavy atom. The molecular formula is C19H14ClF3N6O. The smallest absolute Gasteiger partial charge is 0.318 e. The molecule has 4 rings (SSSR count). The van der Waals surface area contributed by atoms with Crippen molar-refractivity contribution >= 4 is 28.8 Å². The Bertz CT molecular complexity index is 1250. The number of carbonyl (C=O) groups is 1. The topological polar surface area (TPSA) is 77.1 Å². The Hall–Kier alpha value is -3.40. The van der Waals surface area contributed by atoms with Gasteiger partial charge in [0, 0.05) is 23.0 Å². The molecule has 0 atom stereocenters. The first-order valence-corrected chi connectivity index (χ1v) is 9.10. The quantitative estimate of drug-likeness (QED) is 0.522. The Balaban J connectivity index is 1.55. The summed E-state index contributed by atoms with van der Waals surface area (Å²) in [6.07, 6.45) is -1.62. The molecule has 0 saturated carbocycles. The van der Waals surface area contributed by atoms with Crippen LogP contribution in [0.5, 0.6) is 0 Å². The third-order valence-corrected chi connectivity index (χ3v) is 4.63. The van der Waals surface area contributed by atoms with Crippen molar-refractivity contribution in [3.8, 4) is 0 Å². The lowest BCUT2D eigenvalue weighted by Gasteiger charge is -2.09. The Morgan fingerprint density at radius 3 is 2.73 bits per heavy atom. The van der Waals surface area contributed by atoms with Gasteiger partial charge in [-0.2, -0.15) is 23.4 Å². The zero-order valence-corrected chi connectivity index (χ0v) is 16.2. The predicted octanol–water partition coefficient (Wildman–Crippen LogP) is 4.21. The van der Waals surface area contributed by atoms with Crippen LogP contribution in [0.3, 0.4) is 0 Å². The Labute approximate surface area is 173 Å². The highest BCUT2D eigenvalue weighted by molar-refractivity contribution is 6.31. The van der Waals surface area contributed by atoms with E-state index in [4.69, 9.17) is 11.6 Å². The molecule has 0 aliphatic carbocycles. The van der Waals surface area contributed by atoms with Gasteiger partial charge in [0.25, 0.3) is 5.91 Å². The molecule has 0 spiro atoms. The van der Waals surface area contributed by atoms with Crippen molar-refractivity contribution in [1.29, 1.82) is 0 Å². The molecule has 0 aliphatic rings. The van der Waals surface area contributed by atoms with Crippen LogP contribution >= 0.6 is 11.6 Å². The van der Waals surface area contributed by atoms with E-state index in [0.29, 0.717) is 21.8 Å². The minimum Gasteiger partial charge on any atom is -0.318 e. The van der Waals surface area contributed by atoms with E-state index in [1.54, 1.807) is 16.9 Å². The lowest BCUT2D eigenvalue weighted by molar-refractivity contribution is -0.142. The van der Waals surface area contributed by atoms with Gasteiger partial charge in [0.15, 0.2) is 11.3 Å². The third-order valence-electron chi connectivity index (χ3n) is 4.26. The number of benzene rings is 1. The second-order valence-electron chi connectivity index (χ2n) is 6.55. The molecule has 1 N–H and O–H groups in total. The van der Waals surface area contributed by atoms with Crippen LogP contribution in [-0.2, 0) is 12.7 Å². The molecule has 4 aromatic rings. The summed E-state index contributed by atoms with van der Waals surface area (Å²) in [4.78, 5) is 16.5. The molecule has 0 radical (unpaired) electrons. The van der Waals surface area contributed by atoms with Gasteiger partial charge in [-0.1, -0.05) is 29.8 Å². The second kappa shape index (κ2) is 7.45. The van der Waals surface area contributed by atoms with Crippen LogP contribution < -0.4 is 5.32 Å².